The first-order valence-electron chi connectivity index (χ1n) is 10.6. The molecule has 1 fully saturated rings. The molecule has 0 bridgehead atoms. The van der Waals surface area contributed by atoms with E-state index in [4.69, 9.17) is 0 Å². The first-order valence-corrected chi connectivity index (χ1v) is 12.0. The fraction of sp³-hybridized carbons (Fsp3) is 0.391. The number of fused-ring (bicyclic) bond motifs is 1. The molecule has 2 heterocycles. The van der Waals surface area contributed by atoms with E-state index < -0.39 is 22.7 Å². The Labute approximate surface area is 185 Å². The number of nitriles is 1. The second-order valence-electron chi connectivity index (χ2n) is 8.29. The third-order valence-corrected chi connectivity index (χ3v) is 7.55. The maximum Gasteiger partial charge on any atom is 0.242 e. The van der Waals surface area contributed by atoms with Gasteiger partial charge in [0.25, 0.3) is 0 Å². The van der Waals surface area contributed by atoms with Crippen LogP contribution in [0.2, 0.25) is 0 Å². The van der Waals surface area contributed by atoms with Crippen molar-refractivity contribution in [1.29, 1.82) is 5.26 Å². The monoisotopic (exact) mass is 458 g/mol. The van der Waals surface area contributed by atoms with E-state index in [-0.39, 0.29) is 16.8 Å². The van der Waals surface area contributed by atoms with Gasteiger partial charge in [0, 0.05) is 23.7 Å². The molecule has 0 aliphatic heterocycles. The van der Waals surface area contributed by atoms with Crippen LogP contribution >= 0.6 is 0 Å². The van der Waals surface area contributed by atoms with Crippen LogP contribution in [0, 0.1) is 24.1 Å². The van der Waals surface area contributed by atoms with Crippen LogP contribution in [0.1, 0.15) is 49.8 Å². The third-order valence-electron chi connectivity index (χ3n) is 5.98. The number of sulfonamides is 1. The smallest absolute Gasteiger partial charge is 0.242 e. The zero-order valence-corrected chi connectivity index (χ0v) is 18.7. The molecule has 0 saturated heterocycles. The van der Waals surface area contributed by atoms with Gasteiger partial charge in [-0.15, -0.1) is 0 Å². The molecule has 9 heteroatoms. The van der Waals surface area contributed by atoms with Crippen molar-refractivity contribution in [1.82, 2.24) is 14.3 Å². The number of hydrogen-bond donors (Lipinski definition) is 1. The van der Waals surface area contributed by atoms with E-state index in [0.29, 0.717) is 33.4 Å². The summed E-state index contributed by atoms with van der Waals surface area (Å²) in [5.41, 5.74) is 2.08. The minimum absolute atomic E-state index is 0.0307. The van der Waals surface area contributed by atoms with Crippen LogP contribution in [-0.4, -0.2) is 30.7 Å². The summed E-state index contributed by atoms with van der Waals surface area (Å²) in [6.07, 6.45) is 4.95. The summed E-state index contributed by atoms with van der Waals surface area (Å²) in [6.45, 7) is 2.29. The van der Waals surface area contributed by atoms with Gasteiger partial charge in [-0.25, -0.2) is 21.9 Å². The lowest BCUT2D eigenvalue weighted by molar-refractivity contribution is 0.423. The number of nitrogens with one attached hydrogen (secondary N) is 1. The lowest BCUT2D eigenvalue weighted by Crippen LogP contribution is -2.34. The largest absolute Gasteiger partial charge is 0.333 e. The second-order valence-corrected chi connectivity index (χ2v) is 10.0. The fourth-order valence-electron chi connectivity index (χ4n) is 4.40. The number of rotatable bonds is 6. The van der Waals surface area contributed by atoms with E-state index in [0.717, 1.165) is 25.7 Å². The minimum atomic E-state index is -3.93. The highest BCUT2D eigenvalue weighted by atomic mass is 32.2. The van der Waals surface area contributed by atoms with Crippen LogP contribution < -0.4 is 4.72 Å². The van der Waals surface area contributed by atoms with E-state index in [1.54, 1.807) is 19.1 Å². The van der Waals surface area contributed by atoms with Gasteiger partial charge in [-0.2, -0.15) is 5.26 Å². The molecule has 0 unspecified atom stereocenters. The van der Waals surface area contributed by atoms with E-state index >= 15 is 4.39 Å². The van der Waals surface area contributed by atoms with Crippen molar-refractivity contribution in [2.75, 3.05) is 6.67 Å². The quantitative estimate of drug-likeness (QED) is 0.576. The molecule has 4 rings (SSSR count). The van der Waals surface area contributed by atoms with Crippen LogP contribution in [0.25, 0.3) is 22.3 Å². The highest BCUT2D eigenvalue weighted by Gasteiger charge is 2.29. The van der Waals surface area contributed by atoms with Gasteiger partial charge in [-0.1, -0.05) is 25.0 Å². The lowest BCUT2D eigenvalue weighted by atomic mass is 10.1. The zero-order valence-electron chi connectivity index (χ0n) is 17.9. The first kappa shape index (κ1) is 22.4. The molecule has 0 radical (unpaired) electrons. The van der Waals surface area contributed by atoms with Crippen LogP contribution in [0.5, 0.6) is 0 Å². The molecule has 1 saturated carbocycles. The van der Waals surface area contributed by atoms with Crippen molar-refractivity contribution in [2.45, 2.75) is 56.5 Å². The summed E-state index contributed by atoms with van der Waals surface area (Å²) in [5, 5.41) is 10.5. The predicted octanol–water partition coefficient (Wildman–Crippen LogP) is 4.77. The molecule has 0 spiro atoms. The lowest BCUT2D eigenvalue weighted by Gasteiger charge is -2.18. The Morgan fingerprint density at radius 2 is 2.00 bits per heavy atom. The maximum atomic E-state index is 15.3. The summed E-state index contributed by atoms with van der Waals surface area (Å²) < 4.78 is 57.0. The second kappa shape index (κ2) is 8.60. The summed E-state index contributed by atoms with van der Waals surface area (Å²) in [6, 6.07) is 7.67. The van der Waals surface area contributed by atoms with Crippen molar-refractivity contribution in [2.24, 2.45) is 0 Å². The van der Waals surface area contributed by atoms with Gasteiger partial charge in [-0.05, 0) is 44.4 Å². The number of aryl methyl sites for hydroxylation is 1. The van der Waals surface area contributed by atoms with E-state index in [9.17, 15) is 18.1 Å². The molecule has 1 N–H and O–H groups in total. The molecule has 32 heavy (non-hydrogen) atoms. The van der Waals surface area contributed by atoms with Crippen molar-refractivity contribution in [3.05, 3.63) is 47.4 Å². The van der Waals surface area contributed by atoms with Gasteiger partial charge in [-0.3, -0.25) is 4.98 Å². The number of hydrogen-bond acceptors (Lipinski definition) is 4. The van der Waals surface area contributed by atoms with Gasteiger partial charge in [0.15, 0.2) is 0 Å². The van der Waals surface area contributed by atoms with Crippen LogP contribution in [0.15, 0.2) is 35.4 Å². The molecule has 1 aliphatic rings. The molecule has 3 aromatic rings. The fourth-order valence-corrected chi connectivity index (χ4v) is 5.57. The average molecular weight is 459 g/mol. The normalized spacial score (nSPS) is 15.8. The highest BCUT2D eigenvalue weighted by molar-refractivity contribution is 7.89. The first-order chi connectivity index (χ1) is 15.3. The van der Waals surface area contributed by atoms with E-state index in [1.807, 2.05) is 4.57 Å². The number of alkyl halides is 1. The number of halogens is 2. The summed E-state index contributed by atoms with van der Waals surface area (Å²) >= 11 is 0. The molecule has 1 atom stereocenters. The molecule has 6 nitrogen and oxygen atoms in total. The standard InChI is InChI=1S/C23H24F2N4O2S/c1-14-7-9-18-19(12-26)22(29(23(18)21(14)25)16-5-3-4-6-16)20-10-8-17(13-27-20)32(30,31)28-15(2)11-24/h7-10,13,15-16,28H,3-6,11H2,1-2H3/t15-/m0/s1. The maximum absolute atomic E-state index is 15.3. The summed E-state index contributed by atoms with van der Waals surface area (Å²) in [5.74, 6) is -0.360. The Kier molecular flexibility index (Phi) is 6.01. The van der Waals surface area contributed by atoms with Gasteiger partial charge >= 0.3 is 0 Å². The Hall–Kier alpha value is -2.83. The number of nitrogens with zero attached hydrogens (tertiary/aromatic N) is 3. The minimum Gasteiger partial charge on any atom is -0.333 e. The molecule has 168 valence electrons. The topological polar surface area (TPSA) is 87.8 Å². The van der Waals surface area contributed by atoms with Crippen molar-refractivity contribution < 1.29 is 17.2 Å². The molecule has 1 aromatic carbocycles. The van der Waals surface area contributed by atoms with Crippen LogP contribution in [0.3, 0.4) is 0 Å². The Morgan fingerprint density at radius 1 is 1.28 bits per heavy atom. The number of benzene rings is 1. The molecule has 0 amide bonds. The van der Waals surface area contributed by atoms with E-state index in [1.165, 1.54) is 25.3 Å². The van der Waals surface area contributed by atoms with Gasteiger partial charge in [0.1, 0.15) is 23.5 Å². The number of aromatic nitrogens is 2. The van der Waals surface area contributed by atoms with Crippen molar-refractivity contribution in [3.8, 4) is 17.5 Å². The third kappa shape index (κ3) is 3.78. The SMILES string of the molecule is Cc1ccc2c(C#N)c(-c3ccc(S(=O)(=O)N[C@@H](C)CF)cn3)n(C3CCCC3)c2c1F. The highest BCUT2D eigenvalue weighted by Crippen LogP contribution is 2.42. The Bertz CT molecular complexity index is 1300. The molecule has 2 aromatic heterocycles. The average Bonchev–Trinajstić information content (AvgIpc) is 3.41. The van der Waals surface area contributed by atoms with Crippen LogP contribution in [-0.2, 0) is 10.0 Å². The molecule has 1 aliphatic carbocycles. The molecular formula is C23H24F2N4O2S. The molecular weight excluding hydrogens is 434 g/mol. The number of pyridine rings is 1. The summed E-state index contributed by atoms with van der Waals surface area (Å²) in [4.78, 5) is 4.22. The van der Waals surface area contributed by atoms with Crippen molar-refractivity contribution in [3.63, 3.8) is 0 Å². The van der Waals surface area contributed by atoms with Gasteiger partial charge < -0.3 is 4.57 Å². The van der Waals surface area contributed by atoms with Crippen molar-refractivity contribution >= 4 is 20.9 Å². The Balaban J connectivity index is 1.90. The van der Waals surface area contributed by atoms with Crippen LogP contribution in [0.4, 0.5) is 8.78 Å². The zero-order chi connectivity index (χ0) is 23.0. The predicted molar refractivity (Wildman–Crippen MR) is 118 cm³/mol. The van der Waals surface area contributed by atoms with E-state index in [2.05, 4.69) is 15.8 Å². The Morgan fingerprint density at radius 3 is 2.59 bits per heavy atom. The van der Waals surface area contributed by atoms with Gasteiger partial charge in [0.05, 0.1) is 22.5 Å². The summed E-state index contributed by atoms with van der Waals surface area (Å²) in [7, 11) is -3.93. The van der Waals surface area contributed by atoms with Gasteiger partial charge in [0.2, 0.25) is 10.0 Å².